The van der Waals surface area contributed by atoms with Gasteiger partial charge in [-0.05, 0) is 6.07 Å². The monoisotopic (exact) mass is 236 g/mol. The fraction of sp³-hybridized carbons (Fsp3) is 0.364. The number of ether oxygens (including phenoxy) is 1. The molecule has 0 radical (unpaired) electrons. The van der Waals surface area contributed by atoms with Crippen molar-refractivity contribution in [3.63, 3.8) is 0 Å². The Morgan fingerprint density at radius 2 is 2.00 bits per heavy atom. The van der Waals surface area contributed by atoms with Gasteiger partial charge in [-0.25, -0.2) is 0 Å². The van der Waals surface area contributed by atoms with Crippen molar-refractivity contribution in [1.82, 2.24) is 9.88 Å². The van der Waals surface area contributed by atoms with Gasteiger partial charge in [0.05, 0.1) is 37.5 Å². The second-order valence-electron chi connectivity index (χ2n) is 3.52. The molecular formula is C11H12N2O4. The van der Waals surface area contributed by atoms with Gasteiger partial charge in [-0.3, -0.25) is 19.5 Å². The van der Waals surface area contributed by atoms with Gasteiger partial charge in [0.2, 0.25) is 0 Å². The van der Waals surface area contributed by atoms with E-state index in [1.165, 1.54) is 18.5 Å². The highest BCUT2D eigenvalue weighted by Gasteiger charge is 2.34. The zero-order valence-corrected chi connectivity index (χ0v) is 9.13. The molecule has 0 saturated heterocycles. The molecule has 2 rings (SSSR count). The second kappa shape index (κ2) is 5.03. The van der Waals surface area contributed by atoms with Gasteiger partial charge >= 0.3 is 0 Å². The summed E-state index contributed by atoms with van der Waals surface area (Å²) in [6.45, 7) is 0.530. The van der Waals surface area contributed by atoms with Crippen molar-refractivity contribution >= 4 is 11.8 Å². The van der Waals surface area contributed by atoms with Crippen LogP contribution in [-0.2, 0) is 4.74 Å². The van der Waals surface area contributed by atoms with E-state index in [9.17, 15) is 9.59 Å². The lowest BCUT2D eigenvalue weighted by Gasteiger charge is -2.13. The molecule has 1 aliphatic heterocycles. The molecule has 1 N–H and O–H groups in total. The van der Waals surface area contributed by atoms with E-state index in [0.29, 0.717) is 11.1 Å². The smallest absolute Gasteiger partial charge is 0.263 e. The number of nitrogens with zero attached hydrogens (tertiary/aromatic N) is 2. The Kier molecular flexibility index (Phi) is 3.46. The molecule has 0 unspecified atom stereocenters. The second-order valence-corrected chi connectivity index (χ2v) is 3.52. The van der Waals surface area contributed by atoms with Crippen LogP contribution in [0, 0.1) is 0 Å². The number of aliphatic hydroxyl groups excluding tert-OH is 1. The first-order valence-corrected chi connectivity index (χ1v) is 5.24. The summed E-state index contributed by atoms with van der Waals surface area (Å²) in [5, 5.41) is 8.52. The van der Waals surface area contributed by atoms with Crippen LogP contribution in [0.3, 0.4) is 0 Å². The normalized spacial score (nSPS) is 14.3. The molecule has 0 bridgehead atoms. The van der Waals surface area contributed by atoms with Crippen LogP contribution in [0.4, 0.5) is 0 Å². The van der Waals surface area contributed by atoms with Crippen LogP contribution >= 0.6 is 0 Å². The number of aromatic nitrogens is 1. The molecule has 6 nitrogen and oxygen atoms in total. The maximum absolute atomic E-state index is 11.8. The lowest BCUT2D eigenvalue weighted by Crippen LogP contribution is -2.33. The van der Waals surface area contributed by atoms with Crippen molar-refractivity contribution in [3.05, 3.63) is 29.6 Å². The molecule has 2 amide bonds. The van der Waals surface area contributed by atoms with Crippen molar-refractivity contribution in [2.24, 2.45) is 0 Å². The lowest BCUT2D eigenvalue weighted by molar-refractivity contribution is 0.0514. The number of aliphatic hydroxyl groups is 1. The molecule has 0 fully saturated rings. The number of hydrogen-bond donors (Lipinski definition) is 1. The molecule has 2 heterocycles. The number of fused-ring (bicyclic) bond motifs is 1. The molecule has 0 aromatic carbocycles. The minimum Gasteiger partial charge on any atom is -0.394 e. The molecule has 1 aromatic heterocycles. The predicted molar refractivity (Wildman–Crippen MR) is 57.5 cm³/mol. The number of rotatable bonds is 5. The standard InChI is InChI=1S/C11H12N2O4/c14-4-6-17-5-3-13-10(15)8-1-2-12-7-9(8)11(13)16/h1-2,7,14H,3-6H2. The van der Waals surface area contributed by atoms with Gasteiger partial charge < -0.3 is 9.84 Å². The topological polar surface area (TPSA) is 79.7 Å². The van der Waals surface area contributed by atoms with Crippen LogP contribution in [0.2, 0.25) is 0 Å². The van der Waals surface area contributed by atoms with Crippen LogP contribution in [0.15, 0.2) is 18.5 Å². The van der Waals surface area contributed by atoms with Gasteiger partial charge in [0, 0.05) is 12.4 Å². The van der Waals surface area contributed by atoms with Crippen LogP contribution in [0.25, 0.3) is 0 Å². The number of carbonyl (C=O) groups excluding carboxylic acids is 2. The van der Waals surface area contributed by atoms with Crippen LogP contribution in [0.5, 0.6) is 0 Å². The molecule has 0 atom stereocenters. The van der Waals surface area contributed by atoms with Gasteiger partial charge in [-0.15, -0.1) is 0 Å². The Bertz CT molecular complexity index is 412. The third kappa shape index (κ3) is 2.17. The minimum absolute atomic E-state index is 0.0773. The van der Waals surface area contributed by atoms with E-state index >= 15 is 0 Å². The van der Waals surface area contributed by atoms with Gasteiger partial charge in [0.25, 0.3) is 11.8 Å². The summed E-state index contributed by atoms with van der Waals surface area (Å²) in [4.78, 5) is 28.6. The van der Waals surface area contributed by atoms with Crippen LogP contribution in [-0.4, -0.2) is 53.2 Å². The van der Waals surface area contributed by atoms with Gasteiger partial charge in [-0.1, -0.05) is 0 Å². The summed E-state index contributed by atoms with van der Waals surface area (Å²) in [6.07, 6.45) is 2.87. The number of pyridine rings is 1. The maximum atomic E-state index is 11.8. The van der Waals surface area contributed by atoms with E-state index in [-0.39, 0.29) is 38.2 Å². The highest BCUT2D eigenvalue weighted by Crippen LogP contribution is 2.20. The zero-order valence-electron chi connectivity index (χ0n) is 9.13. The molecular weight excluding hydrogens is 224 g/mol. The van der Waals surface area contributed by atoms with Gasteiger partial charge in [0.1, 0.15) is 0 Å². The van der Waals surface area contributed by atoms with Crippen LogP contribution in [0.1, 0.15) is 20.7 Å². The SMILES string of the molecule is O=C1c2ccncc2C(=O)N1CCOCCO. The number of imide groups is 1. The van der Waals surface area contributed by atoms with E-state index in [0.717, 1.165) is 4.90 Å². The van der Waals surface area contributed by atoms with Crippen molar-refractivity contribution < 1.29 is 19.4 Å². The molecule has 17 heavy (non-hydrogen) atoms. The Hall–Kier alpha value is -1.79. The maximum Gasteiger partial charge on any atom is 0.263 e. The largest absolute Gasteiger partial charge is 0.394 e. The Morgan fingerprint density at radius 3 is 2.71 bits per heavy atom. The fourth-order valence-electron chi connectivity index (χ4n) is 1.66. The summed E-state index contributed by atoms with van der Waals surface area (Å²) >= 11 is 0. The third-order valence-corrected chi connectivity index (χ3v) is 2.47. The zero-order chi connectivity index (χ0) is 12.3. The average Bonchev–Trinajstić information content (AvgIpc) is 2.60. The lowest BCUT2D eigenvalue weighted by atomic mass is 10.2. The van der Waals surface area contributed by atoms with E-state index in [1.54, 1.807) is 0 Å². The summed E-state index contributed by atoms with van der Waals surface area (Å²) in [5.41, 5.74) is 0.715. The highest BCUT2D eigenvalue weighted by molar-refractivity contribution is 6.21. The number of carbonyl (C=O) groups is 2. The van der Waals surface area contributed by atoms with Crippen molar-refractivity contribution in [1.29, 1.82) is 0 Å². The van der Waals surface area contributed by atoms with Crippen LogP contribution < -0.4 is 0 Å². The first-order valence-electron chi connectivity index (χ1n) is 5.24. The Morgan fingerprint density at radius 1 is 1.24 bits per heavy atom. The molecule has 6 heteroatoms. The van der Waals surface area contributed by atoms with Crippen molar-refractivity contribution in [2.45, 2.75) is 0 Å². The number of hydrogen-bond acceptors (Lipinski definition) is 5. The molecule has 0 aliphatic carbocycles. The molecule has 1 aromatic rings. The Balaban J connectivity index is 2.03. The van der Waals surface area contributed by atoms with E-state index in [4.69, 9.17) is 9.84 Å². The predicted octanol–water partition coefficient (Wildman–Crippen LogP) is -0.314. The molecule has 90 valence electrons. The fourth-order valence-corrected chi connectivity index (χ4v) is 1.66. The van der Waals surface area contributed by atoms with E-state index in [2.05, 4.69) is 4.98 Å². The first-order chi connectivity index (χ1) is 8.25. The minimum atomic E-state index is -0.342. The first kappa shape index (κ1) is 11.7. The number of amides is 2. The molecule has 0 saturated carbocycles. The van der Waals surface area contributed by atoms with Crippen molar-refractivity contribution in [3.8, 4) is 0 Å². The molecule has 0 spiro atoms. The Labute approximate surface area is 97.8 Å². The molecule has 1 aliphatic rings. The highest BCUT2D eigenvalue weighted by atomic mass is 16.5. The van der Waals surface area contributed by atoms with Gasteiger partial charge in [-0.2, -0.15) is 0 Å². The summed E-state index contributed by atoms with van der Waals surface area (Å²) in [7, 11) is 0. The quantitative estimate of drug-likeness (QED) is 0.560. The van der Waals surface area contributed by atoms with E-state index < -0.39 is 0 Å². The summed E-state index contributed by atoms with van der Waals surface area (Å²) < 4.78 is 5.03. The van der Waals surface area contributed by atoms with Crippen molar-refractivity contribution in [2.75, 3.05) is 26.4 Å². The summed E-state index contributed by atoms with van der Waals surface area (Å²) in [6, 6.07) is 1.53. The van der Waals surface area contributed by atoms with Gasteiger partial charge in [0.15, 0.2) is 0 Å². The van der Waals surface area contributed by atoms with E-state index in [1.807, 2.05) is 0 Å². The average molecular weight is 236 g/mol. The third-order valence-electron chi connectivity index (χ3n) is 2.47. The summed E-state index contributed by atoms with van der Waals surface area (Å²) in [5.74, 6) is -0.661.